The van der Waals surface area contributed by atoms with Gasteiger partial charge in [-0.05, 0) is 38.1 Å². The Morgan fingerprint density at radius 3 is 2.69 bits per heavy atom. The molecule has 1 fully saturated rings. The normalized spacial score (nSPS) is 28.6. The van der Waals surface area contributed by atoms with E-state index in [-0.39, 0.29) is 0 Å². The summed E-state index contributed by atoms with van der Waals surface area (Å²) in [7, 11) is 1.82. The van der Waals surface area contributed by atoms with Gasteiger partial charge in [0.05, 0.1) is 6.10 Å². The monoisotopic (exact) mass is 185 g/mol. The maximum Gasteiger partial charge on any atom is 0.0586 e. The van der Waals surface area contributed by atoms with Gasteiger partial charge in [0.2, 0.25) is 0 Å². The average molecular weight is 185 g/mol. The van der Waals surface area contributed by atoms with E-state index in [9.17, 15) is 0 Å². The lowest BCUT2D eigenvalue weighted by molar-refractivity contribution is 0.107. The van der Waals surface area contributed by atoms with Crippen molar-refractivity contribution in [2.75, 3.05) is 13.7 Å². The predicted molar refractivity (Wildman–Crippen MR) is 55.9 cm³/mol. The van der Waals surface area contributed by atoms with Crippen molar-refractivity contribution in [2.45, 2.75) is 51.7 Å². The first kappa shape index (κ1) is 11.0. The van der Waals surface area contributed by atoms with E-state index < -0.39 is 0 Å². The second kappa shape index (κ2) is 5.61. The molecule has 0 radical (unpaired) electrons. The van der Waals surface area contributed by atoms with Crippen LogP contribution in [0.25, 0.3) is 0 Å². The summed E-state index contributed by atoms with van der Waals surface area (Å²) in [5.41, 5.74) is 0. The molecule has 0 spiro atoms. The minimum absolute atomic E-state index is 0.511. The SMILES string of the molecule is COC1CCC(NCCC(C)C)C1. The summed E-state index contributed by atoms with van der Waals surface area (Å²) in [5.74, 6) is 0.812. The van der Waals surface area contributed by atoms with Crippen LogP contribution in [-0.4, -0.2) is 25.8 Å². The Kier molecular flexibility index (Phi) is 4.74. The number of methoxy groups -OCH3 is 1. The molecule has 0 aromatic heterocycles. The zero-order valence-electron chi connectivity index (χ0n) is 9.18. The van der Waals surface area contributed by atoms with E-state index in [4.69, 9.17) is 4.74 Å². The third-order valence-electron chi connectivity index (χ3n) is 2.87. The third-order valence-corrected chi connectivity index (χ3v) is 2.87. The van der Waals surface area contributed by atoms with Crippen molar-refractivity contribution in [2.24, 2.45) is 5.92 Å². The van der Waals surface area contributed by atoms with Crippen LogP contribution in [0.3, 0.4) is 0 Å². The molecule has 2 heteroatoms. The molecule has 78 valence electrons. The van der Waals surface area contributed by atoms with Crippen LogP contribution in [-0.2, 0) is 4.74 Å². The number of hydrogen-bond donors (Lipinski definition) is 1. The summed E-state index contributed by atoms with van der Waals surface area (Å²) in [6.07, 6.45) is 5.52. The standard InChI is InChI=1S/C11H23NO/c1-9(2)6-7-12-10-4-5-11(8-10)13-3/h9-12H,4-8H2,1-3H3. The number of hydrogen-bond acceptors (Lipinski definition) is 2. The quantitative estimate of drug-likeness (QED) is 0.709. The fraction of sp³-hybridized carbons (Fsp3) is 1.00. The van der Waals surface area contributed by atoms with E-state index >= 15 is 0 Å². The first-order valence-corrected chi connectivity index (χ1v) is 5.48. The zero-order valence-corrected chi connectivity index (χ0v) is 9.18. The van der Waals surface area contributed by atoms with Crippen molar-refractivity contribution in [1.29, 1.82) is 0 Å². The van der Waals surface area contributed by atoms with Gasteiger partial charge in [0, 0.05) is 13.2 Å². The maximum absolute atomic E-state index is 5.33. The molecule has 2 unspecified atom stereocenters. The smallest absolute Gasteiger partial charge is 0.0586 e. The van der Waals surface area contributed by atoms with Gasteiger partial charge in [-0.3, -0.25) is 0 Å². The van der Waals surface area contributed by atoms with Gasteiger partial charge in [-0.1, -0.05) is 13.8 Å². The van der Waals surface area contributed by atoms with Crippen molar-refractivity contribution in [3.8, 4) is 0 Å². The van der Waals surface area contributed by atoms with Crippen LogP contribution in [0.5, 0.6) is 0 Å². The maximum atomic E-state index is 5.33. The van der Waals surface area contributed by atoms with E-state index in [0.717, 1.165) is 5.92 Å². The van der Waals surface area contributed by atoms with Crippen LogP contribution in [0.1, 0.15) is 39.5 Å². The molecule has 0 saturated heterocycles. The number of nitrogens with one attached hydrogen (secondary N) is 1. The fourth-order valence-electron chi connectivity index (χ4n) is 1.92. The van der Waals surface area contributed by atoms with Gasteiger partial charge in [0.1, 0.15) is 0 Å². The van der Waals surface area contributed by atoms with Gasteiger partial charge in [-0.2, -0.15) is 0 Å². The summed E-state index contributed by atoms with van der Waals surface area (Å²) < 4.78 is 5.33. The van der Waals surface area contributed by atoms with Crippen molar-refractivity contribution in [3.63, 3.8) is 0 Å². The van der Waals surface area contributed by atoms with E-state index in [1.54, 1.807) is 0 Å². The Labute approximate surface area is 82.0 Å². The van der Waals surface area contributed by atoms with Crippen molar-refractivity contribution >= 4 is 0 Å². The summed E-state index contributed by atoms with van der Waals surface area (Å²) >= 11 is 0. The predicted octanol–water partition coefficient (Wildman–Crippen LogP) is 2.19. The Hall–Kier alpha value is -0.0800. The molecule has 0 amide bonds. The molecule has 1 aliphatic carbocycles. The van der Waals surface area contributed by atoms with Crippen LogP contribution in [0.4, 0.5) is 0 Å². The van der Waals surface area contributed by atoms with Gasteiger partial charge in [-0.15, -0.1) is 0 Å². The van der Waals surface area contributed by atoms with Gasteiger partial charge in [0.15, 0.2) is 0 Å². The van der Waals surface area contributed by atoms with Crippen LogP contribution >= 0.6 is 0 Å². The second-order valence-corrected chi connectivity index (χ2v) is 4.50. The first-order valence-electron chi connectivity index (χ1n) is 5.48. The van der Waals surface area contributed by atoms with Crippen molar-refractivity contribution in [3.05, 3.63) is 0 Å². The second-order valence-electron chi connectivity index (χ2n) is 4.50. The molecule has 0 aromatic carbocycles. The molecule has 2 nitrogen and oxygen atoms in total. The van der Waals surface area contributed by atoms with E-state index in [1.807, 2.05) is 7.11 Å². The average Bonchev–Trinajstić information content (AvgIpc) is 2.52. The molecular weight excluding hydrogens is 162 g/mol. The lowest BCUT2D eigenvalue weighted by Crippen LogP contribution is -2.28. The van der Waals surface area contributed by atoms with Crippen LogP contribution in [0.2, 0.25) is 0 Å². The molecule has 0 bridgehead atoms. The van der Waals surface area contributed by atoms with E-state index in [1.165, 1.54) is 32.2 Å². The molecule has 0 aliphatic heterocycles. The van der Waals surface area contributed by atoms with Gasteiger partial charge in [0.25, 0.3) is 0 Å². The lowest BCUT2D eigenvalue weighted by Gasteiger charge is -2.13. The Bertz CT molecular complexity index is 136. The Morgan fingerprint density at radius 2 is 2.15 bits per heavy atom. The summed E-state index contributed by atoms with van der Waals surface area (Å²) in [4.78, 5) is 0. The highest BCUT2D eigenvalue weighted by Gasteiger charge is 2.23. The molecule has 0 heterocycles. The topological polar surface area (TPSA) is 21.3 Å². The number of ether oxygens (including phenoxy) is 1. The summed E-state index contributed by atoms with van der Waals surface area (Å²) in [6.45, 7) is 5.71. The molecule has 1 saturated carbocycles. The molecule has 1 rings (SSSR count). The van der Waals surface area contributed by atoms with Gasteiger partial charge in [-0.25, -0.2) is 0 Å². The van der Waals surface area contributed by atoms with Crippen LogP contribution in [0, 0.1) is 5.92 Å². The molecule has 2 atom stereocenters. The minimum Gasteiger partial charge on any atom is -0.381 e. The molecular formula is C11H23NO. The fourth-order valence-corrected chi connectivity index (χ4v) is 1.92. The summed E-state index contributed by atoms with van der Waals surface area (Å²) in [6, 6.07) is 0.712. The first-order chi connectivity index (χ1) is 6.22. The largest absolute Gasteiger partial charge is 0.381 e. The molecule has 1 N–H and O–H groups in total. The zero-order chi connectivity index (χ0) is 9.68. The van der Waals surface area contributed by atoms with Gasteiger partial charge >= 0.3 is 0 Å². The van der Waals surface area contributed by atoms with E-state index in [0.29, 0.717) is 12.1 Å². The molecule has 0 aromatic rings. The van der Waals surface area contributed by atoms with Gasteiger partial charge < -0.3 is 10.1 Å². The van der Waals surface area contributed by atoms with Crippen molar-refractivity contribution < 1.29 is 4.74 Å². The molecule has 1 aliphatic rings. The highest BCUT2D eigenvalue weighted by Crippen LogP contribution is 2.21. The molecule has 13 heavy (non-hydrogen) atoms. The van der Waals surface area contributed by atoms with Crippen LogP contribution < -0.4 is 5.32 Å². The Morgan fingerprint density at radius 1 is 1.38 bits per heavy atom. The number of rotatable bonds is 5. The third kappa shape index (κ3) is 4.10. The summed E-state index contributed by atoms with van der Waals surface area (Å²) in [5, 5.41) is 3.60. The highest BCUT2D eigenvalue weighted by atomic mass is 16.5. The highest BCUT2D eigenvalue weighted by molar-refractivity contribution is 4.80. The van der Waals surface area contributed by atoms with E-state index in [2.05, 4.69) is 19.2 Å². The van der Waals surface area contributed by atoms with Crippen molar-refractivity contribution in [1.82, 2.24) is 5.32 Å². The lowest BCUT2D eigenvalue weighted by atomic mass is 10.1. The minimum atomic E-state index is 0.511. The van der Waals surface area contributed by atoms with Crippen LogP contribution in [0.15, 0.2) is 0 Å². The Balaban J connectivity index is 2.03.